The summed E-state index contributed by atoms with van der Waals surface area (Å²) in [6.45, 7) is 0. The smallest absolute Gasteiger partial charge is 0.253 e. The van der Waals surface area contributed by atoms with Crippen LogP contribution in [0.15, 0.2) is 24.4 Å². The summed E-state index contributed by atoms with van der Waals surface area (Å²) in [5, 5.41) is 6.77. The monoisotopic (exact) mass is 437 g/mol. The number of fused-ring (bicyclic) bond motifs is 1. The highest BCUT2D eigenvalue weighted by Crippen LogP contribution is 2.40. The Bertz CT molecular complexity index is 895. The van der Waals surface area contributed by atoms with E-state index in [0.717, 1.165) is 24.8 Å². The number of hydrogen-bond acceptors (Lipinski definition) is 4. The first kappa shape index (κ1) is 19.7. The van der Waals surface area contributed by atoms with Crippen molar-refractivity contribution in [3.05, 3.63) is 44.9 Å². The molecule has 2 heterocycles. The highest BCUT2D eigenvalue weighted by Gasteiger charge is 2.40. The molecule has 1 aromatic carbocycles. The fourth-order valence-corrected chi connectivity index (χ4v) is 5.42. The van der Waals surface area contributed by atoms with Crippen LogP contribution in [0, 0.1) is 11.8 Å². The van der Waals surface area contributed by atoms with E-state index in [1.54, 1.807) is 6.07 Å². The van der Waals surface area contributed by atoms with Gasteiger partial charge in [-0.05, 0) is 24.0 Å². The lowest BCUT2D eigenvalue weighted by atomic mass is 9.79. The molecule has 1 saturated carbocycles. The van der Waals surface area contributed by atoms with Gasteiger partial charge in [0, 0.05) is 0 Å². The lowest BCUT2D eigenvalue weighted by Crippen LogP contribution is -2.36. The summed E-state index contributed by atoms with van der Waals surface area (Å²) in [5.41, 5.74) is 1.28. The van der Waals surface area contributed by atoms with Gasteiger partial charge in [0.05, 0.1) is 28.7 Å². The third-order valence-electron chi connectivity index (χ3n) is 5.65. The number of thiazole rings is 1. The van der Waals surface area contributed by atoms with Crippen LogP contribution in [0.5, 0.6) is 0 Å². The van der Waals surface area contributed by atoms with Crippen molar-refractivity contribution >= 4 is 51.5 Å². The van der Waals surface area contributed by atoms with Crippen LogP contribution in [0.2, 0.25) is 9.36 Å². The van der Waals surface area contributed by atoms with Crippen molar-refractivity contribution in [3.8, 4) is 0 Å². The molecule has 1 aliphatic carbocycles. The van der Waals surface area contributed by atoms with E-state index in [-0.39, 0.29) is 11.8 Å². The normalized spacial score (nSPS) is 20.5. The Labute approximate surface area is 177 Å². The quantitative estimate of drug-likeness (QED) is 0.651. The topological polar surface area (TPSA) is 71.1 Å². The van der Waals surface area contributed by atoms with Crippen LogP contribution in [-0.2, 0) is 4.79 Å². The van der Waals surface area contributed by atoms with Gasteiger partial charge in [0.15, 0.2) is 5.13 Å². The molecule has 8 heteroatoms. The molecule has 2 amide bonds. The maximum absolute atomic E-state index is 13.2. The molecule has 1 unspecified atom stereocenters. The van der Waals surface area contributed by atoms with Gasteiger partial charge in [0.1, 0.15) is 4.34 Å². The van der Waals surface area contributed by atoms with E-state index in [4.69, 9.17) is 23.2 Å². The summed E-state index contributed by atoms with van der Waals surface area (Å²) >= 11 is 13.4. The standard InChI is InChI=1S/C20H21Cl2N3O2S/c21-14-8-4-7-12-16(14)19(27)24-17(12)13(9-11-5-2-1-3-6-11)18(26)25-20-23-10-15(22)28-20/h4,7-8,10-11,13,17H,1-3,5-6,9H2,(H,24,27)(H,23,25,26)/t13?,17-/m1/s1. The Morgan fingerprint density at radius 2 is 2.07 bits per heavy atom. The molecule has 1 aromatic heterocycles. The number of rotatable bonds is 5. The van der Waals surface area contributed by atoms with E-state index in [2.05, 4.69) is 15.6 Å². The van der Waals surface area contributed by atoms with Gasteiger partial charge in [-0.15, -0.1) is 0 Å². The van der Waals surface area contributed by atoms with E-state index >= 15 is 0 Å². The maximum atomic E-state index is 13.2. The molecule has 28 heavy (non-hydrogen) atoms. The molecule has 2 aliphatic rings. The van der Waals surface area contributed by atoms with E-state index in [0.29, 0.717) is 26.0 Å². The number of amides is 2. The maximum Gasteiger partial charge on any atom is 0.253 e. The van der Waals surface area contributed by atoms with Crippen molar-refractivity contribution in [2.45, 2.75) is 44.6 Å². The molecule has 1 fully saturated rings. The second kappa shape index (κ2) is 8.39. The zero-order valence-corrected chi connectivity index (χ0v) is 17.5. The zero-order valence-electron chi connectivity index (χ0n) is 15.2. The number of nitrogens with zero attached hydrogens (tertiary/aromatic N) is 1. The molecule has 1 aliphatic heterocycles. The number of hydrogen-bond donors (Lipinski definition) is 2. The third kappa shape index (κ3) is 4.04. The van der Waals surface area contributed by atoms with Crippen molar-refractivity contribution in [1.82, 2.24) is 10.3 Å². The van der Waals surface area contributed by atoms with Gasteiger partial charge in [-0.2, -0.15) is 0 Å². The number of carbonyl (C=O) groups excluding carboxylic acids is 2. The summed E-state index contributed by atoms with van der Waals surface area (Å²) in [4.78, 5) is 29.9. The molecule has 0 bridgehead atoms. The second-order valence-electron chi connectivity index (χ2n) is 7.46. The minimum atomic E-state index is -0.394. The minimum Gasteiger partial charge on any atom is -0.344 e. The van der Waals surface area contributed by atoms with Gasteiger partial charge >= 0.3 is 0 Å². The lowest BCUT2D eigenvalue weighted by molar-refractivity contribution is -0.121. The molecular weight excluding hydrogens is 417 g/mol. The summed E-state index contributed by atoms with van der Waals surface area (Å²) in [7, 11) is 0. The van der Waals surface area contributed by atoms with Crippen molar-refractivity contribution in [2.75, 3.05) is 5.32 Å². The molecule has 2 N–H and O–H groups in total. The molecule has 0 radical (unpaired) electrons. The first-order chi connectivity index (χ1) is 13.5. The molecule has 0 spiro atoms. The van der Waals surface area contributed by atoms with E-state index < -0.39 is 12.0 Å². The number of carbonyl (C=O) groups is 2. The van der Waals surface area contributed by atoms with Crippen LogP contribution in [0.25, 0.3) is 0 Å². The van der Waals surface area contributed by atoms with Crippen molar-refractivity contribution in [2.24, 2.45) is 11.8 Å². The van der Waals surface area contributed by atoms with Crippen molar-refractivity contribution in [3.63, 3.8) is 0 Å². The number of nitrogens with one attached hydrogen (secondary N) is 2. The van der Waals surface area contributed by atoms with Gasteiger partial charge in [0.25, 0.3) is 5.91 Å². The first-order valence-electron chi connectivity index (χ1n) is 9.54. The predicted octanol–water partition coefficient (Wildman–Crippen LogP) is 5.46. The highest BCUT2D eigenvalue weighted by molar-refractivity contribution is 7.19. The molecule has 2 atom stereocenters. The second-order valence-corrected chi connectivity index (χ2v) is 9.53. The van der Waals surface area contributed by atoms with Crippen LogP contribution < -0.4 is 10.6 Å². The van der Waals surface area contributed by atoms with Crippen molar-refractivity contribution in [1.29, 1.82) is 0 Å². The number of anilines is 1. The van der Waals surface area contributed by atoms with Gasteiger partial charge in [-0.3, -0.25) is 9.59 Å². The Kier molecular flexibility index (Phi) is 5.90. The summed E-state index contributed by atoms with van der Waals surface area (Å²) in [6.07, 6.45) is 8.13. The van der Waals surface area contributed by atoms with Gasteiger partial charge < -0.3 is 10.6 Å². The lowest BCUT2D eigenvalue weighted by Gasteiger charge is -2.29. The number of aromatic nitrogens is 1. The minimum absolute atomic E-state index is 0.144. The average molecular weight is 438 g/mol. The first-order valence-corrected chi connectivity index (χ1v) is 11.1. The average Bonchev–Trinajstić information content (AvgIpc) is 3.24. The van der Waals surface area contributed by atoms with Gasteiger partial charge in [-0.25, -0.2) is 4.98 Å². The van der Waals surface area contributed by atoms with E-state index in [9.17, 15) is 9.59 Å². The van der Waals surface area contributed by atoms with Crippen LogP contribution in [-0.4, -0.2) is 16.8 Å². The molecule has 5 nitrogen and oxygen atoms in total. The van der Waals surface area contributed by atoms with Crippen LogP contribution >= 0.6 is 34.5 Å². The molecule has 0 saturated heterocycles. The highest BCUT2D eigenvalue weighted by atomic mass is 35.5. The van der Waals surface area contributed by atoms with Gasteiger partial charge in [0.2, 0.25) is 5.91 Å². The van der Waals surface area contributed by atoms with Crippen LogP contribution in [0.4, 0.5) is 5.13 Å². The third-order valence-corrected chi connectivity index (χ3v) is 7.00. The number of benzene rings is 1. The van der Waals surface area contributed by atoms with Crippen LogP contribution in [0.3, 0.4) is 0 Å². The SMILES string of the molecule is O=C1N[C@@H](C(CC2CCCCC2)C(=O)Nc2ncc(Cl)s2)c2cccc(Cl)c21. The fourth-order valence-electron chi connectivity index (χ4n) is 4.33. The fraction of sp³-hybridized carbons (Fsp3) is 0.450. The Morgan fingerprint density at radius 1 is 1.29 bits per heavy atom. The predicted molar refractivity (Wildman–Crippen MR) is 112 cm³/mol. The zero-order chi connectivity index (χ0) is 19.7. The molecule has 4 rings (SSSR count). The van der Waals surface area contributed by atoms with E-state index in [1.165, 1.54) is 36.8 Å². The summed E-state index contributed by atoms with van der Waals surface area (Å²) in [5.74, 6) is -0.280. The molecular formula is C20H21Cl2N3O2S. The summed E-state index contributed by atoms with van der Waals surface area (Å²) < 4.78 is 0.519. The van der Waals surface area contributed by atoms with Crippen LogP contribution in [0.1, 0.15) is 60.5 Å². The van der Waals surface area contributed by atoms with E-state index in [1.807, 2.05) is 12.1 Å². The largest absolute Gasteiger partial charge is 0.344 e. The summed E-state index contributed by atoms with van der Waals surface area (Å²) in [6, 6.07) is 5.02. The Balaban J connectivity index is 1.62. The van der Waals surface area contributed by atoms with Gasteiger partial charge in [-0.1, -0.05) is 78.8 Å². The Morgan fingerprint density at radius 3 is 2.79 bits per heavy atom. The van der Waals surface area contributed by atoms with Crippen molar-refractivity contribution < 1.29 is 9.59 Å². The molecule has 148 valence electrons. The molecule has 2 aromatic rings. The Hall–Kier alpha value is -1.63. The number of halogens is 2.